The number of alkyl halides is 3. The largest absolute Gasteiger partial charge is 0.435 e. The first-order chi connectivity index (χ1) is 14.0. The Balaban J connectivity index is 2.88. The van der Waals surface area contributed by atoms with Crippen molar-refractivity contribution in [2.24, 2.45) is 12.5 Å². The van der Waals surface area contributed by atoms with Gasteiger partial charge in [-0.1, -0.05) is 32.4 Å². The van der Waals surface area contributed by atoms with Gasteiger partial charge >= 0.3 is 12.1 Å². The monoisotopic (exact) mass is 474 g/mol. The highest BCUT2D eigenvalue weighted by atomic mass is 35.5. The molecule has 0 aliphatic rings. The molecule has 2 rings (SSSR count). The van der Waals surface area contributed by atoms with Crippen molar-refractivity contribution < 1.29 is 22.7 Å². The molecule has 0 amide bonds. The van der Waals surface area contributed by atoms with Gasteiger partial charge in [0.25, 0.3) is 0 Å². The number of allylic oxidation sites excluding steroid dienone is 1. The van der Waals surface area contributed by atoms with E-state index in [4.69, 9.17) is 16.3 Å². The lowest BCUT2D eigenvalue weighted by molar-refractivity contribution is -0.146. The number of aromatic nitrogens is 3. The molecule has 0 atom stereocenters. The third-order valence-electron chi connectivity index (χ3n) is 4.11. The highest BCUT2D eigenvalue weighted by Gasteiger charge is 2.42. The quantitative estimate of drug-likeness (QED) is 0.317. The highest BCUT2D eigenvalue weighted by Crippen LogP contribution is 2.42. The third kappa shape index (κ3) is 5.28. The van der Waals surface area contributed by atoms with Crippen molar-refractivity contribution in [2.45, 2.75) is 53.1 Å². The van der Waals surface area contributed by atoms with E-state index in [-0.39, 0.29) is 16.0 Å². The molecule has 0 N–H and O–H groups in total. The molecule has 0 aliphatic heterocycles. The Morgan fingerprint density at radius 2 is 1.81 bits per heavy atom. The summed E-state index contributed by atoms with van der Waals surface area (Å²) in [6.45, 7) is 10.3. The molecule has 11 heteroatoms. The highest BCUT2D eigenvalue weighted by molar-refractivity contribution is 7.11. The molecule has 0 fully saturated rings. The minimum Gasteiger partial charge on any atom is -0.424 e. The number of nitrogens with zero attached hydrogens (tertiary/aromatic N) is 4. The van der Waals surface area contributed by atoms with E-state index in [9.17, 15) is 23.2 Å². The van der Waals surface area contributed by atoms with Gasteiger partial charge in [-0.15, -0.1) is 11.3 Å². The molecule has 2 aromatic rings. The summed E-state index contributed by atoms with van der Waals surface area (Å²) < 4.78 is 47.3. The Morgan fingerprint density at radius 1 is 1.23 bits per heavy atom. The van der Waals surface area contributed by atoms with Gasteiger partial charge in [-0.05, 0) is 20.8 Å². The predicted molar refractivity (Wildman–Crippen MR) is 112 cm³/mol. The first-order valence-corrected chi connectivity index (χ1v) is 10.4. The van der Waals surface area contributed by atoms with Crippen LogP contribution >= 0.6 is 22.9 Å². The van der Waals surface area contributed by atoms with E-state index >= 15 is 0 Å². The lowest BCUT2D eigenvalue weighted by Gasteiger charge is -2.19. The van der Waals surface area contributed by atoms with Crippen LogP contribution in [0.1, 0.15) is 63.5 Å². The van der Waals surface area contributed by atoms with Crippen LogP contribution in [0, 0.1) is 16.7 Å². The fourth-order valence-electron chi connectivity index (χ4n) is 2.30. The number of halogens is 4. The van der Waals surface area contributed by atoms with Crippen LogP contribution in [0.5, 0.6) is 0 Å². The molecule has 168 valence electrons. The average molecular weight is 475 g/mol. The van der Waals surface area contributed by atoms with Crippen LogP contribution in [0.4, 0.5) is 13.2 Å². The summed E-state index contributed by atoms with van der Waals surface area (Å²) in [6.07, 6.45) is -4.90. The minimum atomic E-state index is -4.90. The average Bonchev–Trinajstić information content (AvgIpc) is 3.19. The number of carbonyl (C=O) groups excluding carboxylic acids is 1. The Kier molecular flexibility index (Phi) is 6.65. The molecule has 0 radical (unpaired) electrons. The summed E-state index contributed by atoms with van der Waals surface area (Å²) in [5.74, 6) is -1.46. The summed E-state index contributed by atoms with van der Waals surface area (Å²) >= 11 is 7.19. The standard InChI is InChI=1S/C20H22ClF3N4O2S/c1-18(2,3)11-9-31-16(26-11)10(8-25)13(30-17(29)19(4,5)6)12-14(20(22,23)24)27-28(7)15(12)21/h9H,1-7H3/b13-10+. The molecular weight excluding hydrogens is 453 g/mol. The van der Waals surface area contributed by atoms with Crippen LogP contribution in [0.25, 0.3) is 11.3 Å². The molecular formula is C20H22ClF3N4O2S. The normalized spacial score (nSPS) is 13.6. The van der Waals surface area contributed by atoms with Crippen LogP contribution in [0.3, 0.4) is 0 Å². The molecule has 0 unspecified atom stereocenters. The number of ether oxygens (including phenoxy) is 1. The SMILES string of the molecule is Cn1nc(C(F)(F)F)c(/C(OC(=O)C(C)(C)C)=C(/C#N)c2nc(C(C)(C)C)cs2)c1Cl. The third-order valence-corrected chi connectivity index (χ3v) is 5.40. The van der Waals surface area contributed by atoms with Crippen molar-refractivity contribution in [1.29, 1.82) is 5.26 Å². The zero-order valence-corrected chi connectivity index (χ0v) is 19.7. The van der Waals surface area contributed by atoms with E-state index in [1.54, 1.807) is 5.38 Å². The first-order valence-electron chi connectivity index (χ1n) is 9.11. The number of esters is 1. The van der Waals surface area contributed by atoms with Crippen LogP contribution in [0.2, 0.25) is 5.15 Å². The molecule has 0 saturated carbocycles. The van der Waals surface area contributed by atoms with Crippen LogP contribution in [0.15, 0.2) is 5.38 Å². The van der Waals surface area contributed by atoms with Crippen LogP contribution in [-0.2, 0) is 28.2 Å². The molecule has 0 aromatic carbocycles. The summed E-state index contributed by atoms with van der Waals surface area (Å²) in [7, 11) is 1.22. The van der Waals surface area contributed by atoms with Gasteiger partial charge in [0.1, 0.15) is 21.8 Å². The van der Waals surface area contributed by atoms with Crippen molar-refractivity contribution in [3.8, 4) is 6.07 Å². The van der Waals surface area contributed by atoms with Gasteiger partial charge < -0.3 is 4.74 Å². The van der Waals surface area contributed by atoms with E-state index in [2.05, 4.69) is 10.1 Å². The second-order valence-corrected chi connectivity index (χ2v) is 10.1. The number of aryl methyl sites for hydroxylation is 1. The second kappa shape index (κ2) is 8.28. The van der Waals surface area contributed by atoms with Crippen molar-refractivity contribution in [3.63, 3.8) is 0 Å². The lowest BCUT2D eigenvalue weighted by Crippen LogP contribution is -2.23. The fourth-order valence-corrected chi connectivity index (χ4v) is 3.55. The number of nitriles is 1. The van der Waals surface area contributed by atoms with Gasteiger partial charge in [-0.2, -0.15) is 23.5 Å². The Labute approximate surface area is 187 Å². The number of thiazole rings is 1. The summed E-state index contributed by atoms with van der Waals surface area (Å²) in [5, 5.41) is 14.7. The van der Waals surface area contributed by atoms with Gasteiger partial charge in [0.05, 0.1) is 16.7 Å². The Morgan fingerprint density at radius 3 is 2.23 bits per heavy atom. The summed E-state index contributed by atoms with van der Waals surface area (Å²) in [5.41, 5.74) is -3.16. The Hall–Kier alpha value is -2.38. The van der Waals surface area contributed by atoms with Crippen molar-refractivity contribution in [3.05, 3.63) is 32.5 Å². The molecule has 2 aromatic heterocycles. The molecule has 2 heterocycles. The summed E-state index contributed by atoms with van der Waals surface area (Å²) in [4.78, 5) is 17.0. The molecule has 0 spiro atoms. The van der Waals surface area contributed by atoms with Crippen molar-refractivity contribution >= 4 is 40.2 Å². The van der Waals surface area contributed by atoms with Crippen LogP contribution < -0.4 is 0 Å². The van der Waals surface area contributed by atoms with Gasteiger partial charge in [-0.25, -0.2) is 4.98 Å². The molecule has 0 aliphatic carbocycles. The van der Waals surface area contributed by atoms with E-state index in [1.165, 1.54) is 27.8 Å². The number of hydrogen-bond acceptors (Lipinski definition) is 6. The predicted octanol–water partition coefficient (Wildman–Crippen LogP) is 5.83. The summed E-state index contributed by atoms with van der Waals surface area (Å²) in [6, 6.07) is 1.84. The number of hydrogen-bond donors (Lipinski definition) is 0. The van der Waals surface area contributed by atoms with Gasteiger partial charge in [0.2, 0.25) is 0 Å². The zero-order valence-electron chi connectivity index (χ0n) is 18.1. The van der Waals surface area contributed by atoms with E-state index in [0.717, 1.165) is 16.0 Å². The zero-order chi connectivity index (χ0) is 23.9. The lowest BCUT2D eigenvalue weighted by atomic mass is 9.93. The van der Waals surface area contributed by atoms with E-state index < -0.39 is 39.7 Å². The van der Waals surface area contributed by atoms with E-state index in [0.29, 0.717) is 5.69 Å². The first kappa shape index (κ1) is 24.9. The molecule has 0 saturated heterocycles. The minimum absolute atomic E-state index is 0.108. The molecule has 31 heavy (non-hydrogen) atoms. The maximum absolute atomic E-state index is 13.7. The molecule has 0 bridgehead atoms. The smallest absolute Gasteiger partial charge is 0.424 e. The van der Waals surface area contributed by atoms with Crippen molar-refractivity contribution in [2.75, 3.05) is 0 Å². The number of carbonyl (C=O) groups is 1. The second-order valence-electron chi connectivity index (χ2n) is 8.88. The molecule has 6 nitrogen and oxygen atoms in total. The van der Waals surface area contributed by atoms with E-state index in [1.807, 2.05) is 26.8 Å². The maximum atomic E-state index is 13.7. The van der Waals surface area contributed by atoms with Crippen molar-refractivity contribution in [1.82, 2.24) is 14.8 Å². The van der Waals surface area contributed by atoms with Gasteiger partial charge in [0, 0.05) is 17.8 Å². The van der Waals surface area contributed by atoms with Gasteiger partial charge in [-0.3, -0.25) is 9.48 Å². The Bertz CT molecular complexity index is 1080. The van der Waals surface area contributed by atoms with Gasteiger partial charge in [0.15, 0.2) is 11.5 Å². The topological polar surface area (TPSA) is 80.8 Å². The fraction of sp³-hybridized carbons (Fsp3) is 0.500. The number of rotatable bonds is 3. The maximum Gasteiger partial charge on any atom is 0.435 e. The van der Waals surface area contributed by atoms with Crippen LogP contribution in [-0.4, -0.2) is 20.7 Å².